The molecule has 0 aliphatic rings. The fourth-order valence-corrected chi connectivity index (χ4v) is 0.986. The van der Waals surface area contributed by atoms with Crippen LogP contribution in [0.1, 0.15) is 6.92 Å². The van der Waals surface area contributed by atoms with Crippen LogP contribution in [-0.4, -0.2) is 48.4 Å². The maximum Gasteiger partial charge on any atom is 0.394 e. The van der Waals surface area contributed by atoms with Crippen molar-refractivity contribution in [3.63, 3.8) is 0 Å². The van der Waals surface area contributed by atoms with Crippen molar-refractivity contribution in [1.29, 1.82) is 0 Å². The van der Waals surface area contributed by atoms with Crippen LogP contribution >= 0.6 is 0 Å². The third-order valence-corrected chi connectivity index (χ3v) is 1.77. The first-order valence-electron chi connectivity index (χ1n) is 4.10. The Balaban J connectivity index is 4.18. The number of aliphatic carboxylic acids is 1. The molecule has 6 nitrogen and oxygen atoms in total. The first kappa shape index (κ1) is 12.4. The van der Waals surface area contributed by atoms with E-state index < -0.39 is 17.8 Å². The molecular weight excluding hydrogens is 188 g/mol. The Bertz CT molecular complexity index is 252. The van der Waals surface area contributed by atoms with Gasteiger partial charge in [-0.05, 0) is 0 Å². The minimum Gasteiger partial charge on any atom is -0.474 e. The van der Waals surface area contributed by atoms with E-state index in [1.54, 1.807) is 6.92 Å². The van der Waals surface area contributed by atoms with Gasteiger partial charge in [-0.1, -0.05) is 6.92 Å². The first-order valence-corrected chi connectivity index (χ1v) is 4.10. The Labute approximate surface area is 81.9 Å². The topological polar surface area (TPSA) is 86.7 Å². The van der Waals surface area contributed by atoms with Crippen molar-refractivity contribution < 1.29 is 19.5 Å². The molecule has 0 heterocycles. The molecule has 0 spiro atoms. The molecular formula is C8H14N2O4. The summed E-state index contributed by atoms with van der Waals surface area (Å²) in [6.45, 7) is 1.70. The summed E-state index contributed by atoms with van der Waals surface area (Å²) in [6.07, 6.45) is 0. The van der Waals surface area contributed by atoms with E-state index in [9.17, 15) is 14.4 Å². The van der Waals surface area contributed by atoms with E-state index in [-0.39, 0.29) is 12.5 Å². The summed E-state index contributed by atoms with van der Waals surface area (Å²) in [6, 6.07) is 0. The predicted octanol–water partition coefficient (Wildman–Crippen LogP) is -1.09. The van der Waals surface area contributed by atoms with Crippen LogP contribution in [0.15, 0.2) is 0 Å². The number of nitrogens with one attached hydrogen (secondary N) is 1. The zero-order valence-corrected chi connectivity index (χ0v) is 8.40. The van der Waals surface area contributed by atoms with Gasteiger partial charge in [-0.25, -0.2) is 4.79 Å². The Hall–Kier alpha value is -1.59. The fraction of sp³-hybridized carbons (Fsp3) is 0.625. The molecule has 0 fully saturated rings. The van der Waals surface area contributed by atoms with Crippen molar-refractivity contribution in [3.8, 4) is 0 Å². The van der Waals surface area contributed by atoms with Gasteiger partial charge in [0.15, 0.2) is 0 Å². The number of carboxylic acids is 1. The van der Waals surface area contributed by atoms with E-state index in [0.29, 0.717) is 0 Å². The Morgan fingerprint density at radius 2 is 1.93 bits per heavy atom. The average Bonchev–Trinajstić information content (AvgIpc) is 2.14. The molecule has 0 radical (unpaired) electrons. The van der Waals surface area contributed by atoms with Crippen molar-refractivity contribution >= 4 is 17.8 Å². The van der Waals surface area contributed by atoms with Gasteiger partial charge in [-0.2, -0.15) is 0 Å². The molecule has 6 heteroatoms. The monoisotopic (exact) mass is 202 g/mol. The quantitative estimate of drug-likeness (QED) is 0.569. The number of nitrogens with zero attached hydrogens (tertiary/aromatic N) is 1. The van der Waals surface area contributed by atoms with Crippen molar-refractivity contribution in [2.75, 3.05) is 20.6 Å². The van der Waals surface area contributed by atoms with Gasteiger partial charge in [0.25, 0.3) is 0 Å². The average molecular weight is 202 g/mol. The number of amides is 2. The van der Waals surface area contributed by atoms with Crippen molar-refractivity contribution in [2.45, 2.75) is 6.92 Å². The normalized spacial score (nSPS) is 11.6. The van der Waals surface area contributed by atoms with Crippen molar-refractivity contribution in [1.82, 2.24) is 10.2 Å². The SMILES string of the molecule is CNC(=O)C(C)CN(C)C(=O)C(=O)O. The number of carbonyl (C=O) groups excluding carboxylic acids is 2. The van der Waals surface area contributed by atoms with Gasteiger partial charge >= 0.3 is 11.9 Å². The van der Waals surface area contributed by atoms with Crippen molar-refractivity contribution in [3.05, 3.63) is 0 Å². The Kier molecular flexibility index (Phi) is 4.62. The van der Waals surface area contributed by atoms with Gasteiger partial charge in [-0.15, -0.1) is 0 Å². The number of rotatable bonds is 3. The van der Waals surface area contributed by atoms with Gasteiger partial charge in [-0.3, -0.25) is 9.59 Å². The summed E-state index contributed by atoms with van der Waals surface area (Å²) >= 11 is 0. The van der Waals surface area contributed by atoms with Crippen molar-refractivity contribution in [2.24, 2.45) is 5.92 Å². The summed E-state index contributed by atoms with van der Waals surface area (Å²) < 4.78 is 0. The number of hydrogen-bond donors (Lipinski definition) is 2. The lowest BCUT2D eigenvalue weighted by molar-refractivity contribution is -0.155. The highest BCUT2D eigenvalue weighted by atomic mass is 16.4. The lowest BCUT2D eigenvalue weighted by atomic mass is 10.1. The molecule has 0 aromatic rings. The molecule has 80 valence electrons. The highest BCUT2D eigenvalue weighted by molar-refractivity contribution is 6.31. The molecule has 14 heavy (non-hydrogen) atoms. The summed E-state index contributed by atoms with van der Waals surface area (Å²) in [7, 11) is 2.83. The van der Waals surface area contributed by atoms with Crippen LogP contribution in [0.25, 0.3) is 0 Å². The second-order valence-corrected chi connectivity index (χ2v) is 3.01. The van der Waals surface area contributed by atoms with E-state index in [4.69, 9.17) is 5.11 Å². The third kappa shape index (κ3) is 3.42. The molecule has 0 aliphatic heterocycles. The van der Waals surface area contributed by atoms with Gasteiger partial charge in [0.1, 0.15) is 0 Å². The lowest BCUT2D eigenvalue weighted by Crippen LogP contribution is -2.40. The highest BCUT2D eigenvalue weighted by Gasteiger charge is 2.21. The summed E-state index contributed by atoms with van der Waals surface area (Å²) in [5.41, 5.74) is 0. The Morgan fingerprint density at radius 3 is 2.29 bits per heavy atom. The minimum absolute atomic E-state index is 0.0881. The molecule has 1 unspecified atom stereocenters. The highest BCUT2D eigenvalue weighted by Crippen LogP contribution is 1.98. The van der Waals surface area contributed by atoms with Gasteiger partial charge < -0.3 is 15.3 Å². The fourth-order valence-electron chi connectivity index (χ4n) is 0.986. The molecule has 0 aromatic carbocycles. The lowest BCUT2D eigenvalue weighted by Gasteiger charge is -2.18. The smallest absolute Gasteiger partial charge is 0.394 e. The molecule has 0 saturated heterocycles. The molecule has 2 amide bonds. The van der Waals surface area contributed by atoms with Crippen LogP contribution in [0.3, 0.4) is 0 Å². The molecule has 0 aliphatic carbocycles. The van der Waals surface area contributed by atoms with E-state index in [1.807, 2.05) is 0 Å². The van der Waals surface area contributed by atoms with Gasteiger partial charge in [0, 0.05) is 20.6 Å². The molecule has 0 rings (SSSR count). The molecule has 0 saturated carbocycles. The van der Waals surface area contributed by atoms with E-state index >= 15 is 0 Å². The molecule has 1 atom stereocenters. The third-order valence-electron chi connectivity index (χ3n) is 1.77. The first-order chi connectivity index (χ1) is 6.40. The number of carbonyl (C=O) groups is 3. The second-order valence-electron chi connectivity index (χ2n) is 3.01. The van der Waals surface area contributed by atoms with E-state index in [2.05, 4.69) is 5.32 Å². The van der Waals surface area contributed by atoms with Crippen LogP contribution in [0.5, 0.6) is 0 Å². The van der Waals surface area contributed by atoms with E-state index in [1.165, 1.54) is 14.1 Å². The van der Waals surface area contributed by atoms with Crippen LogP contribution in [-0.2, 0) is 14.4 Å². The number of hydrogen-bond acceptors (Lipinski definition) is 3. The number of likely N-dealkylation sites (N-methyl/N-ethyl adjacent to an activating group) is 1. The summed E-state index contributed by atoms with van der Waals surface area (Å²) in [5.74, 6) is -3.18. The zero-order valence-electron chi connectivity index (χ0n) is 8.40. The zero-order chi connectivity index (χ0) is 11.3. The standard InChI is InChI=1S/C8H14N2O4/c1-5(6(11)9-2)4-10(3)7(12)8(13)14/h5H,4H2,1-3H3,(H,9,11)(H,13,14). The minimum atomic E-state index is -1.52. The van der Waals surface area contributed by atoms with E-state index in [0.717, 1.165) is 4.90 Å². The maximum atomic E-state index is 11.0. The molecule has 2 N–H and O–H groups in total. The van der Waals surface area contributed by atoms with Crippen LogP contribution in [0.4, 0.5) is 0 Å². The summed E-state index contributed by atoms with van der Waals surface area (Å²) in [5, 5.41) is 10.8. The van der Waals surface area contributed by atoms with Crippen LogP contribution in [0.2, 0.25) is 0 Å². The van der Waals surface area contributed by atoms with Gasteiger partial charge in [0.2, 0.25) is 5.91 Å². The van der Waals surface area contributed by atoms with Crippen LogP contribution < -0.4 is 5.32 Å². The summed E-state index contributed by atoms with van der Waals surface area (Å²) in [4.78, 5) is 33.2. The van der Waals surface area contributed by atoms with Crippen LogP contribution in [0, 0.1) is 5.92 Å². The number of carboxylic acid groups (broad SMARTS) is 1. The molecule has 0 aromatic heterocycles. The largest absolute Gasteiger partial charge is 0.474 e. The molecule has 0 bridgehead atoms. The second kappa shape index (κ2) is 5.21. The Morgan fingerprint density at radius 1 is 1.43 bits per heavy atom. The van der Waals surface area contributed by atoms with Gasteiger partial charge in [0.05, 0.1) is 5.92 Å². The maximum absolute atomic E-state index is 11.0. The predicted molar refractivity (Wildman–Crippen MR) is 48.5 cm³/mol.